The van der Waals surface area contributed by atoms with Gasteiger partial charge in [-0.05, 0) is 81.7 Å². The smallest absolute Gasteiger partial charge is 0.330 e. The van der Waals surface area contributed by atoms with Crippen LogP contribution in [0.2, 0.25) is 0 Å². The number of rotatable bonds is 20. The Morgan fingerprint density at radius 1 is 0.816 bits per heavy atom. The van der Waals surface area contributed by atoms with Crippen molar-refractivity contribution >= 4 is 22.8 Å². The molecular weight excluding hydrogens is 616 g/mol. The summed E-state index contributed by atoms with van der Waals surface area (Å²) in [5, 5.41) is 2.95. The van der Waals surface area contributed by atoms with Crippen LogP contribution in [0, 0.1) is 0 Å². The van der Waals surface area contributed by atoms with Crippen molar-refractivity contribution in [3.63, 3.8) is 0 Å². The molecule has 4 aromatic rings. The fraction of sp³-hybridized carbons (Fsp3) is 0.526. The van der Waals surface area contributed by atoms with Crippen molar-refractivity contribution in [2.24, 2.45) is 5.73 Å². The van der Waals surface area contributed by atoms with Crippen LogP contribution in [0.3, 0.4) is 0 Å². The number of nitrogens with zero attached hydrogens (tertiary/aromatic N) is 6. The Hall–Kier alpha value is -4.06. The summed E-state index contributed by atoms with van der Waals surface area (Å²) in [6.45, 7) is 16.0. The van der Waals surface area contributed by atoms with Gasteiger partial charge in [0.2, 0.25) is 5.91 Å². The molecule has 11 nitrogen and oxygen atoms in total. The lowest BCUT2D eigenvalue weighted by Crippen LogP contribution is -2.51. The van der Waals surface area contributed by atoms with Crippen LogP contribution in [-0.4, -0.2) is 73.3 Å². The monoisotopic (exact) mass is 672 g/mol. The van der Waals surface area contributed by atoms with Gasteiger partial charge in [-0.15, -0.1) is 0 Å². The maximum Gasteiger partial charge on any atom is 0.332 e. The van der Waals surface area contributed by atoms with Crippen molar-refractivity contribution in [3.8, 4) is 0 Å². The molecule has 0 saturated carbocycles. The van der Waals surface area contributed by atoms with Crippen molar-refractivity contribution in [1.29, 1.82) is 0 Å². The Bertz CT molecular complexity index is 1720. The summed E-state index contributed by atoms with van der Waals surface area (Å²) in [5.74, 6) is 0.746. The van der Waals surface area contributed by atoms with E-state index in [1.165, 1.54) is 4.57 Å². The number of unbranched alkanes of at least 4 members (excludes halogenated alkanes) is 1. The predicted octanol–water partition coefficient (Wildman–Crippen LogP) is 4.68. The lowest BCUT2D eigenvalue weighted by molar-refractivity contribution is -0.116. The van der Waals surface area contributed by atoms with Gasteiger partial charge in [-0.25, -0.2) is 9.78 Å². The second-order valence-corrected chi connectivity index (χ2v) is 12.5. The van der Waals surface area contributed by atoms with Crippen LogP contribution in [0.25, 0.3) is 11.2 Å². The number of fused-ring (bicyclic) bond motifs is 1. The fourth-order valence-electron chi connectivity index (χ4n) is 6.63. The minimum Gasteiger partial charge on any atom is -0.330 e. The van der Waals surface area contributed by atoms with Crippen LogP contribution < -0.4 is 22.3 Å². The Labute approximate surface area is 290 Å². The van der Waals surface area contributed by atoms with Crippen LogP contribution in [0.5, 0.6) is 0 Å². The highest BCUT2D eigenvalue weighted by molar-refractivity contribution is 5.90. The number of nitrogens with two attached hydrogens (primary N) is 1. The van der Waals surface area contributed by atoms with Gasteiger partial charge in [-0.2, -0.15) is 0 Å². The number of amides is 1. The zero-order chi connectivity index (χ0) is 35.3. The summed E-state index contributed by atoms with van der Waals surface area (Å²) in [7, 11) is 0. The first-order valence-electron chi connectivity index (χ1n) is 18.1. The van der Waals surface area contributed by atoms with Crippen molar-refractivity contribution in [2.45, 2.75) is 98.9 Å². The summed E-state index contributed by atoms with van der Waals surface area (Å²) in [6.07, 6.45) is 3.84. The van der Waals surface area contributed by atoms with Gasteiger partial charge in [-0.3, -0.25) is 28.5 Å². The number of nitrogens with one attached hydrogen (secondary N) is 1. The largest absolute Gasteiger partial charge is 0.332 e. The van der Waals surface area contributed by atoms with Gasteiger partial charge >= 0.3 is 5.69 Å². The molecule has 0 fully saturated rings. The molecule has 0 unspecified atom stereocenters. The van der Waals surface area contributed by atoms with Crippen LogP contribution in [0.4, 0.5) is 5.69 Å². The number of anilines is 1. The Morgan fingerprint density at radius 3 is 2.06 bits per heavy atom. The normalized spacial score (nSPS) is 11.8. The lowest BCUT2D eigenvalue weighted by Gasteiger charge is -2.38. The minimum atomic E-state index is -0.333. The van der Waals surface area contributed by atoms with Gasteiger partial charge in [0.15, 0.2) is 11.2 Å². The molecule has 0 saturated heterocycles. The molecule has 4 rings (SSSR count). The zero-order valence-electron chi connectivity index (χ0n) is 30.2. The molecule has 1 amide bonds. The quantitative estimate of drug-likeness (QED) is 0.103. The van der Waals surface area contributed by atoms with E-state index in [2.05, 4.69) is 59.5 Å². The standard InChI is InChI=1S/C38H56N8O3/c1-6-25-45-37(48)35-36(44(38(45)49)26-23-29-19-21-31(22-20-29)40-33(47)18-14-15-24-39)41-32(27-30-16-12-11-13-17-30)46(35)28-34(42(7-2)8-3)43(9-4)10-5/h11-13,16-17,19-22,34H,6-10,14-15,18,23-28,39H2,1-5H3,(H,40,47). The van der Waals surface area contributed by atoms with E-state index < -0.39 is 0 Å². The molecule has 2 aromatic heterocycles. The van der Waals surface area contributed by atoms with E-state index >= 15 is 0 Å². The molecule has 0 bridgehead atoms. The summed E-state index contributed by atoms with van der Waals surface area (Å²) in [4.78, 5) is 50.5. The van der Waals surface area contributed by atoms with Gasteiger partial charge in [0.1, 0.15) is 5.82 Å². The molecule has 0 atom stereocenters. The highest BCUT2D eigenvalue weighted by Gasteiger charge is 2.27. The molecule has 0 aliphatic carbocycles. The third-order valence-corrected chi connectivity index (χ3v) is 9.38. The number of carbonyl (C=O) groups excluding carboxylic acids is 1. The van der Waals surface area contributed by atoms with E-state index in [-0.39, 0.29) is 23.3 Å². The molecule has 11 heteroatoms. The molecule has 0 aliphatic heterocycles. The van der Waals surface area contributed by atoms with Crippen molar-refractivity contribution in [3.05, 3.63) is 92.4 Å². The van der Waals surface area contributed by atoms with E-state index in [9.17, 15) is 14.4 Å². The number of carbonyl (C=O) groups is 1. The number of likely N-dealkylation sites (N-methyl/N-ethyl adjacent to an activating group) is 2. The van der Waals surface area contributed by atoms with E-state index in [1.807, 2.05) is 49.4 Å². The molecule has 266 valence electrons. The van der Waals surface area contributed by atoms with E-state index in [0.29, 0.717) is 63.0 Å². The predicted molar refractivity (Wildman–Crippen MR) is 199 cm³/mol. The average Bonchev–Trinajstić information content (AvgIpc) is 3.46. The SMILES string of the molecule is CCCn1c(=O)c2c(nc(Cc3ccccc3)n2CC(N(CC)CC)N(CC)CC)n(CCc2ccc(NC(=O)CCCCN)cc2)c1=O. The molecule has 0 aliphatic rings. The van der Waals surface area contributed by atoms with Crippen LogP contribution in [-0.2, 0) is 37.3 Å². The lowest BCUT2D eigenvalue weighted by atomic mass is 10.1. The first-order chi connectivity index (χ1) is 23.8. The molecule has 2 aromatic carbocycles. The van der Waals surface area contributed by atoms with E-state index in [4.69, 9.17) is 10.7 Å². The molecule has 2 heterocycles. The highest BCUT2D eigenvalue weighted by Crippen LogP contribution is 2.20. The van der Waals surface area contributed by atoms with E-state index in [0.717, 1.165) is 61.7 Å². The fourth-order valence-corrected chi connectivity index (χ4v) is 6.63. The maximum atomic E-state index is 14.3. The van der Waals surface area contributed by atoms with Gasteiger partial charge in [0.05, 0.1) is 12.7 Å². The van der Waals surface area contributed by atoms with Crippen LogP contribution in [0.1, 0.15) is 77.3 Å². The van der Waals surface area contributed by atoms with Gasteiger partial charge in [-0.1, -0.05) is 77.1 Å². The number of hydrogen-bond acceptors (Lipinski definition) is 7. The minimum absolute atomic E-state index is 0.0283. The molecule has 0 radical (unpaired) electrons. The molecule has 3 N–H and O–H groups in total. The third-order valence-electron chi connectivity index (χ3n) is 9.38. The topological polar surface area (TPSA) is 123 Å². The highest BCUT2D eigenvalue weighted by atomic mass is 16.2. The van der Waals surface area contributed by atoms with Crippen molar-refractivity contribution in [1.82, 2.24) is 28.5 Å². The first kappa shape index (κ1) is 37.8. The average molecular weight is 673 g/mol. The van der Waals surface area contributed by atoms with Crippen molar-refractivity contribution < 1.29 is 4.79 Å². The summed E-state index contributed by atoms with van der Waals surface area (Å²) >= 11 is 0. The maximum absolute atomic E-state index is 14.3. The number of benzene rings is 2. The number of hydrogen-bond donors (Lipinski definition) is 2. The number of imidazole rings is 1. The van der Waals surface area contributed by atoms with Crippen molar-refractivity contribution in [2.75, 3.05) is 38.0 Å². The number of aryl methyl sites for hydroxylation is 2. The Morgan fingerprint density at radius 2 is 1.47 bits per heavy atom. The van der Waals surface area contributed by atoms with Gasteiger partial charge < -0.3 is 15.6 Å². The first-order valence-corrected chi connectivity index (χ1v) is 18.1. The number of aromatic nitrogens is 4. The molecule has 49 heavy (non-hydrogen) atoms. The second-order valence-electron chi connectivity index (χ2n) is 12.5. The van der Waals surface area contributed by atoms with Crippen LogP contribution >= 0.6 is 0 Å². The zero-order valence-corrected chi connectivity index (χ0v) is 30.2. The molecule has 0 spiro atoms. The van der Waals surface area contributed by atoms with Crippen LogP contribution in [0.15, 0.2) is 64.2 Å². The Kier molecular flexibility index (Phi) is 14.4. The third kappa shape index (κ3) is 9.35. The van der Waals surface area contributed by atoms with E-state index in [1.54, 1.807) is 4.57 Å². The summed E-state index contributed by atoms with van der Waals surface area (Å²) < 4.78 is 5.17. The van der Waals surface area contributed by atoms with Gasteiger partial charge in [0, 0.05) is 31.6 Å². The summed E-state index contributed by atoms with van der Waals surface area (Å²) in [5.41, 5.74) is 8.69. The summed E-state index contributed by atoms with van der Waals surface area (Å²) in [6, 6.07) is 17.9. The molecular formula is C38H56N8O3. The Balaban J connectivity index is 1.78. The van der Waals surface area contributed by atoms with Gasteiger partial charge in [0.25, 0.3) is 5.56 Å². The second kappa shape index (κ2) is 18.6.